The first-order chi connectivity index (χ1) is 10.6. The van der Waals surface area contributed by atoms with Gasteiger partial charge in [-0.15, -0.1) is 0 Å². The minimum atomic E-state index is -0.640. The Kier molecular flexibility index (Phi) is 5.91. The molecule has 2 rings (SSSR count). The lowest BCUT2D eigenvalue weighted by Crippen LogP contribution is -2.39. The quantitative estimate of drug-likeness (QED) is 0.766. The first-order valence-electron chi connectivity index (χ1n) is 7.11. The Balaban J connectivity index is 1.67. The molecule has 1 atom stereocenters. The molecule has 5 heteroatoms. The molecule has 0 unspecified atom stereocenters. The number of amides is 2. The molecule has 0 heterocycles. The number of hydrogen-bond donors (Lipinski definition) is 3. The van der Waals surface area contributed by atoms with E-state index in [1.165, 1.54) is 12.1 Å². The molecule has 0 aromatic heterocycles. The summed E-state index contributed by atoms with van der Waals surface area (Å²) in [6.07, 6.45) is -0.155. The van der Waals surface area contributed by atoms with Gasteiger partial charge in [0.05, 0.1) is 6.10 Å². The monoisotopic (exact) mass is 302 g/mol. The highest BCUT2D eigenvalue weighted by Gasteiger charge is 2.07. The fourth-order valence-electron chi connectivity index (χ4n) is 2.02. The zero-order valence-electron chi connectivity index (χ0n) is 12.1. The van der Waals surface area contributed by atoms with Crippen molar-refractivity contribution in [1.82, 2.24) is 10.6 Å². The molecule has 2 amide bonds. The van der Waals surface area contributed by atoms with E-state index in [9.17, 15) is 14.3 Å². The van der Waals surface area contributed by atoms with Gasteiger partial charge in [0.2, 0.25) is 0 Å². The summed E-state index contributed by atoms with van der Waals surface area (Å²) < 4.78 is 12.7. The van der Waals surface area contributed by atoms with Crippen LogP contribution in [0.4, 0.5) is 9.18 Å². The summed E-state index contributed by atoms with van der Waals surface area (Å²) in [5, 5.41) is 15.1. The van der Waals surface area contributed by atoms with Crippen molar-refractivity contribution in [3.63, 3.8) is 0 Å². The number of rotatable bonds is 6. The van der Waals surface area contributed by atoms with Gasteiger partial charge in [-0.25, -0.2) is 9.18 Å². The van der Waals surface area contributed by atoms with Gasteiger partial charge in [-0.2, -0.15) is 0 Å². The number of aliphatic hydroxyl groups is 1. The maximum Gasteiger partial charge on any atom is 0.315 e. The molecule has 2 aromatic carbocycles. The van der Waals surface area contributed by atoms with Gasteiger partial charge in [-0.05, 0) is 23.3 Å². The van der Waals surface area contributed by atoms with E-state index < -0.39 is 6.10 Å². The fourth-order valence-corrected chi connectivity index (χ4v) is 2.02. The van der Waals surface area contributed by atoms with E-state index in [-0.39, 0.29) is 18.4 Å². The molecular weight excluding hydrogens is 283 g/mol. The SMILES string of the molecule is O=C(NCc1ccc(F)cc1)NC[C@@H](O)Cc1ccccc1. The van der Waals surface area contributed by atoms with Crippen LogP contribution in [0.25, 0.3) is 0 Å². The van der Waals surface area contributed by atoms with Crippen LogP contribution in [0.1, 0.15) is 11.1 Å². The molecule has 0 aliphatic heterocycles. The Labute approximate surface area is 129 Å². The molecule has 4 nitrogen and oxygen atoms in total. The average Bonchev–Trinajstić information content (AvgIpc) is 2.53. The summed E-state index contributed by atoms with van der Waals surface area (Å²) in [6.45, 7) is 0.477. The van der Waals surface area contributed by atoms with Crippen molar-refractivity contribution < 1.29 is 14.3 Å². The number of nitrogens with one attached hydrogen (secondary N) is 2. The number of hydrogen-bond acceptors (Lipinski definition) is 2. The first kappa shape index (κ1) is 16.0. The molecule has 0 saturated carbocycles. The zero-order valence-corrected chi connectivity index (χ0v) is 12.1. The Hall–Kier alpha value is -2.40. The number of benzene rings is 2. The average molecular weight is 302 g/mol. The molecule has 3 N–H and O–H groups in total. The van der Waals surface area contributed by atoms with Crippen molar-refractivity contribution >= 4 is 6.03 Å². The van der Waals surface area contributed by atoms with Crippen LogP contribution in [0, 0.1) is 5.82 Å². The number of urea groups is 1. The third kappa shape index (κ3) is 5.54. The Morgan fingerprint density at radius 1 is 1.00 bits per heavy atom. The summed E-state index contributed by atoms with van der Waals surface area (Å²) in [5.74, 6) is -0.308. The van der Waals surface area contributed by atoms with E-state index in [0.29, 0.717) is 13.0 Å². The lowest BCUT2D eigenvalue weighted by molar-refractivity contribution is 0.170. The minimum Gasteiger partial charge on any atom is -0.391 e. The van der Waals surface area contributed by atoms with Crippen LogP contribution in [0.2, 0.25) is 0 Å². The second kappa shape index (κ2) is 8.14. The van der Waals surface area contributed by atoms with Crippen LogP contribution >= 0.6 is 0 Å². The zero-order chi connectivity index (χ0) is 15.8. The topological polar surface area (TPSA) is 61.4 Å². The Morgan fingerprint density at radius 3 is 2.36 bits per heavy atom. The highest BCUT2D eigenvalue weighted by Crippen LogP contribution is 2.03. The van der Waals surface area contributed by atoms with Gasteiger partial charge < -0.3 is 15.7 Å². The molecule has 0 aliphatic rings. The first-order valence-corrected chi connectivity index (χ1v) is 7.11. The third-order valence-corrected chi connectivity index (χ3v) is 3.18. The molecule has 0 bridgehead atoms. The maximum absolute atomic E-state index is 12.7. The van der Waals surface area contributed by atoms with Crippen molar-refractivity contribution in [1.29, 1.82) is 0 Å². The smallest absolute Gasteiger partial charge is 0.315 e. The molecule has 0 fully saturated rings. The summed E-state index contributed by atoms with van der Waals surface area (Å²) in [4.78, 5) is 11.6. The number of carbonyl (C=O) groups is 1. The second-order valence-electron chi connectivity index (χ2n) is 5.03. The Morgan fingerprint density at radius 2 is 1.68 bits per heavy atom. The van der Waals surface area contributed by atoms with Crippen molar-refractivity contribution in [3.8, 4) is 0 Å². The summed E-state index contributed by atoms with van der Waals surface area (Å²) in [6, 6.07) is 15.1. The molecule has 116 valence electrons. The molecule has 2 aromatic rings. The standard InChI is InChI=1S/C17H19FN2O2/c18-15-8-6-14(7-9-15)11-19-17(22)20-12-16(21)10-13-4-2-1-3-5-13/h1-9,16,21H,10-12H2,(H2,19,20,22)/t16-/m0/s1. The summed E-state index contributed by atoms with van der Waals surface area (Å²) in [5.41, 5.74) is 1.82. The van der Waals surface area contributed by atoms with Crippen molar-refractivity contribution in [3.05, 3.63) is 71.5 Å². The molecule has 22 heavy (non-hydrogen) atoms. The Bertz CT molecular complexity index is 587. The number of aliphatic hydroxyl groups excluding tert-OH is 1. The molecule has 0 saturated heterocycles. The lowest BCUT2D eigenvalue weighted by atomic mass is 10.1. The van der Waals surface area contributed by atoms with E-state index in [1.807, 2.05) is 30.3 Å². The largest absolute Gasteiger partial charge is 0.391 e. The van der Waals surface area contributed by atoms with Crippen LogP contribution in [0.15, 0.2) is 54.6 Å². The van der Waals surface area contributed by atoms with Crippen LogP contribution in [-0.4, -0.2) is 23.8 Å². The van der Waals surface area contributed by atoms with E-state index >= 15 is 0 Å². The van der Waals surface area contributed by atoms with Gasteiger partial charge in [0.15, 0.2) is 0 Å². The predicted molar refractivity (Wildman–Crippen MR) is 82.8 cm³/mol. The summed E-state index contributed by atoms with van der Waals surface area (Å²) >= 11 is 0. The predicted octanol–water partition coefficient (Wildman–Crippen LogP) is 2.23. The van der Waals surface area contributed by atoms with Crippen molar-refractivity contribution in [2.75, 3.05) is 6.54 Å². The van der Waals surface area contributed by atoms with Gasteiger partial charge in [0.1, 0.15) is 5.82 Å². The maximum atomic E-state index is 12.7. The fraction of sp³-hybridized carbons (Fsp3) is 0.235. The summed E-state index contributed by atoms with van der Waals surface area (Å²) in [7, 11) is 0. The van der Waals surface area contributed by atoms with Gasteiger partial charge in [-0.1, -0.05) is 42.5 Å². The second-order valence-corrected chi connectivity index (χ2v) is 5.03. The highest BCUT2D eigenvalue weighted by molar-refractivity contribution is 5.73. The van der Waals surface area contributed by atoms with Crippen LogP contribution in [0.3, 0.4) is 0 Å². The van der Waals surface area contributed by atoms with Gasteiger partial charge in [0, 0.05) is 19.5 Å². The van der Waals surface area contributed by atoms with E-state index in [1.54, 1.807) is 12.1 Å². The molecule has 0 radical (unpaired) electrons. The van der Waals surface area contributed by atoms with Gasteiger partial charge in [0.25, 0.3) is 0 Å². The van der Waals surface area contributed by atoms with E-state index in [2.05, 4.69) is 10.6 Å². The van der Waals surface area contributed by atoms with Crippen molar-refractivity contribution in [2.24, 2.45) is 0 Å². The van der Waals surface area contributed by atoms with Crippen LogP contribution in [-0.2, 0) is 13.0 Å². The van der Waals surface area contributed by atoms with Crippen molar-refractivity contribution in [2.45, 2.75) is 19.1 Å². The normalized spacial score (nSPS) is 11.7. The van der Waals surface area contributed by atoms with Crippen LogP contribution < -0.4 is 10.6 Å². The van der Waals surface area contributed by atoms with Gasteiger partial charge in [-0.3, -0.25) is 0 Å². The lowest BCUT2D eigenvalue weighted by Gasteiger charge is -2.12. The molecule has 0 aliphatic carbocycles. The minimum absolute atomic E-state index is 0.171. The molecular formula is C17H19FN2O2. The number of halogens is 1. The molecule has 0 spiro atoms. The third-order valence-electron chi connectivity index (χ3n) is 3.18. The van der Waals surface area contributed by atoms with Crippen LogP contribution in [0.5, 0.6) is 0 Å². The number of carbonyl (C=O) groups excluding carboxylic acids is 1. The van der Waals surface area contributed by atoms with E-state index in [0.717, 1.165) is 11.1 Å². The van der Waals surface area contributed by atoms with Gasteiger partial charge >= 0.3 is 6.03 Å². The van der Waals surface area contributed by atoms with E-state index in [4.69, 9.17) is 0 Å². The highest BCUT2D eigenvalue weighted by atomic mass is 19.1.